The zero-order valence-electron chi connectivity index (χ0n) is 21.6. The van der Waals surface area contributed by atoms with Gasteiger partial charge in [-0.05, 0) is 69.5 Å². The topological polar surface area (TPSA) is 147 Å². The molecule has 0 unspecified atom stereocenters. The van der Waals surface area contributed by atoms with Gasteiger partial charge in [-0.15, -0.1) is 0 Å². The summed E-state index contributed by atoms with van der Waals surface area (Å²) in [4.78, 5) is 55.7. The second kappa shape index (κ2) is 10.6. The lowest BCUT2D eigenvalue weighted by molar-refractivity contribution is -0.175. The number of hydrogen-bond acceptors (Lipinski definition) is 8. The molecule has 0 radical (unpaired) electrons. The number of hydrogen-bond donors (Lipinski definition) is 3. The molecule has 11 nitrogen and oxygen atoms in total. The van der Waals surface area contributed by atoms with E-state index in [9.17, 15) is 24.3 Å². The molecule has 3 amide bonds. The molecule has 3 N–H and O–H groups in total. The van der Waals surface area contributed by atoms with E-state index < -0.39 is 48.2 Å². The van der Waals surface area contributed by atoms with E-state index in [0.717, 1.165) is 0 Å². The van der Waals surface area contributed by atoms with Crippen molar-refractivity contribution in [3.05, 3.63) is 60.1 Å². The van der Waals surface area contributed by atoms with Crippen LogP contribution in [0, 0.1) is 11.3 Å². The fourth-order valence-electron chi connectivity index (χ4n) is 4.45. The van der Waals surface area contributed by atoms with Gasteiger partial charge in [0.15, 0.2) is 0 Å². The number of carbonyl (C=O) groups excluding carboxylic acids is 4. The van der Waals surface area contributed by atoms with Crippen molar-refractivity contribution in [2.75, 3.05) is 17.4 Å². The lowest BCUT2D eigenvalue weighted by Crippen LogP contribution is -2.61. The van der Waals surface area contributed by atoms with E-state index in [1.165, 1.54) is 18.0 Å². The largest absolute Gasteiger partial charge is 0.427 e. The highest BCUT2D eigenvalue weighted by Gasteiger charge is 2.57. The SMILES string of the molecule is C[C@@H](O)[C@H]1C(=O)N2C(C(=O)OCOC(=O)C(C)(C)C)=C(c3cccc(NC(=O)Nc4cccnc4)c3)C[C@H]12. The number of aliphatic hydroxyl groups is 1. The molecule has 3 atom stereocenters. The number of β-lactam (4-membered cyclic amide) rings is 1. The molecule has 200 valence electrons. The third-order valence-corrected chi connectivity index (χ3v) is 6.30. The van der Waals surface area contributed by atoms with Crippen LogP contribution in [0.1, 0.15) is 39.7 Å². The maximum atomic E-state index is 13.1. The molecule has 0 saturated carbocycles. The Bertz CT molecular complexity index is 1280. The van der Waals surface area contributed by atoms with Gasteiger partial charge in [0.2, 0.25) is 12.7 Å². The fourth-order valence-corrected chi connectivity index (χ4v) is 4.45. The summed E-state index contributed by atoms with van der Waals surface area (Å²) >= 11 is 0. The third kappa shape index (κ3) is 5.52. The number of ether oxygens (including phenoxy) is 2. The number of carbonyl (C=O) groups is 4. The van der Waals surface area contributed by atoms with Crippen LogP contribution in [-0.2, 0) is 23.9 Å². The van der Waals surface area contributed by atoms with Gasteiger partial charge < -0.3 is 30.1 Å². The molecule has 0 bridgehead atoms. The highest BCUT2D eigenvalue weighted by atomic mass is 16.7. The molecule has 1 aromatic heterocycles. The molecule has 1 fully saturated rings. The Morgan fingerprint density at radius 3 is 2.50 bits per heavy atom. The number of aliphatic hydroxyl groups excluding tert-OH is 1. The number of pyridine rings is 1. The van der Waals surface area contributed by atoms with Crippen LogP contribution in [0.25, 0.3) is 5.57 Å². The van der Waals surface area contributed by atoms with Crippen molar-refractivity contribution < 1.29 is 33.8 Å². The molecule has 11 heteroatoms. The summed E-state index contributed by atoms with van der Waals surface area (Å²) in [7, 11) is 0. The van der Waals surface area contributed by atoms with Crippen molar-refractivity contribution in [1.29, 1.82) is 0 Å². The quantitative estimate of drug-likeness (QED) is 0.285. The Labute approximate surface area is 219 Å². The average molecular weight is 523 g/mol. The number of benzene rings is 1. The maximum absolute atomic E-state index is 13.1. The lowest BCUT2D eigenvalue weighted by atomic mass is 9.82. The number of nitrogens with one attached hydrogen (secondary N) is 2. The summed E-state index contributed by atoms with van der Waals surface area (Å²) < 4.78 is 10.3. The van der Waals surface area contributed by atoms with Gasteiger partial charge in [0, 0.05) is 11.9 Å². The summed E-state index contributed by atoms with van der Waals surface area (Å²) in [5, 5.41) is 15.5. The van der Waals surface area contributed by atoms with Crippen LogP contribution >= 0.6 is 0 Å². The van der Waals surface area contributed by atoms with Crippen molar-refractivity contribution >= 4 is 40.8 Å². The number of urea groups is 1. The van der Waals surface area contributed by atoms with Gasteiger partial charge in [-0.3, -0.25) is 14.6 Å². The van der Waals surface area contributed by atoms with Crippen LogP contribution in [-0.4, -0.2) is 57.8 Å². The molecule has 2 aromatic rings. The monoisotopic (exact) mass is 522 g/mol. The van der Waals surface area contributed by atoms with Crippen LogP contribution in [0.3, 0.4) is 0 Å². The van der Waals surface area contributed by atoms with E-state index >= 15 is 0 Å². The maximum Gasteiger partial charge on any atom is 0.358 e. The highest BCUT2D eigenvalue weighted by Crippen LogP contribution is 2.47. The Kier molecular flexibility index (Phi) is 7.49. The predicted octanol–water partition coefficient (Wildman–Crippen LogP) is 3.14. The minimum Gasteiger partial charge on any atom is -0.427 e. The Balaban J connectivity index is 1.56. The van der Waals surface area contributed by atoms with Crippen molar-refractivity contribution in [1.82, 2.24) is 9.88 Å². The highest BCUT2D eigenvalue weighted by molar-refractivity contribution is 6.07. The lowest BCUT2D eigenvalue weighted by Gasteiger charge is -2.44. The molecule has 4 rings (SSSR count). The first-order valence-corrected chi connectivity index (χ1v) is 12.1. The van der Waals surface area contributed by atoms with Gasteiger partial charge in [-0.2, -0.15) is 0 Å². The first kappa shape index (κ1) is 26.8. The van der Waals surface area contributed by atoms with Gasteiger partial charge in [-0.1, -0.05) is 12.1 Å². The fraction of sp³-hybridized carbons (Fsp3) is 0.370. The Morgan fingerprint density at radius 1 is 1.13 bits per heavy atom. The molecule has 38 heavy (non-hydrogen) atoms. The number of fused-ring (bicyclic) bond motifs is 1. The zero-order chi connectivity index (χ0) is 27.6. The second-order valence-corrected chi connectivity index (χ2v) is 10.2. The predicted molar refractivity (Wildman–Crippen MR) is 137 cm³/mol. The minimum absolute atomic E-state index is 0.0284. The number of nitrogens with zero attached hydrogens (tertiary/aromatic N) is 2. The van der Waals surface area contributed by atoms with Crippen LogP contribution in [0.2, 0.25) is 0 Å². The number of anilines is 2. The van der Waals surface area contributed by atoms with E-state index in [0.29, 0.717) is 28.9 Å². The third-order valence-electron chi connectivity index (χ3n) is 6.30. The summed E-state index contributed by atoms with van der Waals surface area (Å²) in [6, 6.07) is 9.32. The van der Waals surface area contributed by atoms with Gasteiger partial charge >= 0.3 is 18.0 Å². The molecule has 0 aliphatic carbocycles. The molecule has 3 heterocycles. The van der Waals surface area contributed by atoms with E-state index in [1.807, 2.05) is 0 Å². The van der Waals surface area contributed by atoms with E-state index in [2.05, 4.69) is 15.6 Å². The smallest absolute Gasteiger partial charge is 0.358 e. The van der Waals surface area contributed by atoms with E-state index in [-0.39, 0.29) is 11.6 Å². The normalized spacial score (nSPS) is 19.3. The first-order chi connectivity index (χ1) is 18.0. The summed E-state index contributed by atoms with van der Waals surface area (Å²) in [6.45, 7) is 5.95. The van der Waals surface area contributed by atoms with Crippen molar-refractivity contribution in [3.8, 4) is 0 Å². The van der Waals surface area contributed by atoms with E-state index in [4.69, 9.17) is 9.47 Å². The van der Waals surface area contributed by atoms with Crippen molar-refractivity contribution in [2.24, 2.45) is 11.3 Å². The van der Waals surface area contributed by atoms with Crippen LogP contribution in [0.5, 0.6) is 0 Å². The van der Waals surface area contributed by atoms with Crippen LogP contribution in [0.4, 0.5) is 16.2 Å². The molecule has 2 aliphatic heterocycles. The summed E-state index contributed by atoms with van der Waals surface area (Å²) in [6.07, 6.45) is 2.52. The van der Waals surface area contributed by atoms with Gasteiger partial charge in [0.25, 0.3) is 0 Å². The van der Waals surface area contributed by atoms with Gasteiger partial charge in [0.05, 0.1) is 35.4 Å². The number of aromatic nitrogens is 1. The Hall–Kier alpha value is -4.25. The molecule has 2 aliphatic rings. The zero-order valence-corrected chi connectivity index (χ0v) is 21.6. The van der Waals surface area contributed by atoms with Crippen LogP contribution < -0.4 is 10.6 Å². The van der Waals surface area contributed by atoms with Gasteiger partial charge in [0.1, 0.15) is 5.70 Å². The molecule has 0 spiro atoms. The molecule has 1 aromatic carbocycles. The van der Waals surface area contributed by atoms with Gasteiger partial charge in [-0.25, -0.2) is 9.59 Å². The summed E-state index contributed by atoms with van der Waals surface area (Å²) in [5.74, 6) is -2.40. The Morgan fingerprint density at radius 2 is 1.84 bits per heavy atom. The second-order valence-electron chi connectivity index (χ2n) is 10.2. The first-order valence-electron chi connectivity index (χ1n) is 12.1. The number of amides is 3. The van der Waals surface area contributed by atoms with Crippen molar-refractivity contribution in [3.63, 3.8) is 0 Å². The number of esters is 2. The van der Waals surface area contributed by atoms with Crippen LogP contribution in [0.15, 0.2) is 54.5 Å². The summed E-state index contributed by atoms with van der Waals surface area (Å²) in [5.41, 5.74) is 1.34. The van der Waals surface area contributed by atoms with E-state index in [1.54, 1.807) is 63.4 Å². The standard InChI is InChI=1S/C27H30N4O7/c1-15(32)21-20-12-19(22(31(20)23(21)33)24(34)37-14-38-25(35)27(2,3)4)16-7-5-8-17(11-16)29-26(36)30-18-9-6-10-28-13-18/h5-11,13,15,20-21,32H,12,14H2,1-4H3,(H2,29,30,36)/t15-,20-,21-/m1/s1. The minimum atomic E-state index is -0.891. The molecular formula is C27H30N4O7. The van der Waals surface area contributed by atoms with Crippen molar-refractivity contribution in [2.45, 2.75) is 46.3 Å². The molecule has 1 saturated heterocycles. The molecular weight excluding hydrogens is 492 g/mol. The average Bonchev–Trinajstić information content (AvgIpc) is 3.19. The number of rotatable bonds is 7.